The average molecular weight is 582 g/mol. The van der Waals surface area contributed by atoms with Crippen LogP contribution in [0.25, 0.3) is 6.08 Å². The molecular weight excluding hydrogens is 546 g/mol. The maximum absolute atomic E-state index is 12.9. The number of rotatable bonds is 7. The first-order valence-corrected chi connectivity index (χ1v) is 15.3. The number of allylic oxidation sites excluding steroid dienone is 1. The number of fused-ring (bicyclic) bond motifs is 3. The topological polar surface area (TPSA) is 66.1 Å². The predicted molar refractivity (Wildman–Crippen MR) is 170 cm³/mol. The van der Waals surface area contributed by atoms with Gasteiger partial charge >= 0.3 is 5.97 Å². The Morgan fingerprint density at radius 2 is 1.52 bits per heavy atom. The molecule has 5 aromatic rings. The van der Waals surface area contributed by atoms with E-state index < -0.39 is 11.6 Å². The van der Waals surface area contributed by atoms with Crippen LogP contribution < -0.4 is 0 Å². The molecule has 0 N–H and O–H groups in total. The van der Waals surface area contributed by atoms with Crippen LogP contribution in [0.5, 0.6) is 0 Å². The van der Waals surface area contributed by atoms with Gasteiger partial charge < -0.3 is 13.9 Å². The normalized spacial score (nSPS) is 16.7. The third-order valence-corrected chi connectivity index (χ3v) is 9.29. The Bertz CT molecular complexity index is 1750. The summed E-state index contributed by atoms with van der Waals surface area (Å²) < 4.78 is 10.7. The summed E-state index contributed by atoms with van der Waals surface area (Å²) in [7, 11) is 0. The Morgan fingerprint density at radius 1 is 0.932 bits per heavy atom. The zero-order chi connectivity index (χ0) is 30.3. The largest absolute Gasteiger partial charge is 0.454 e. The molecule has 7 rings (SSSR count). The van der Waals surface area contributed by atoms with Crippen molar-refractivity contribution in [2.45, 2.75) is 51.3 Å². The maximum Gasteiger partial charge on any atom is 0.303 e. The van der Waals surface area contributed by atoms with Crippen LogP contribution in [-0.4, -0.2) is 25.9 Å². The predicted octanol–water partition coefficient (Wildman–Crippen LogP) is 7.30. The summed E-state index contributed by atoms with van der Waals surface area (Å²) in [5.74, 6) is 0.466. The lowest BCUT2D eigenvalue weighted by atomic mass is 9.76. The zero-order valence-corrected chi connectivity index (χ0v) is 25.0. The second kappa shape index (κ2) is 11.3. The van der Waals surface area contributed by atoms with Crippen molar-refractivity contribution in [2.24, 2.45) is 5.92 Å². The number of imidazole rings is 1. The van der Waals surface area contributed by atoms with Crippen molar-refractivity contribution in [3.63, 3.8) is 0 Å². The fraction of sp³-hybridized carbons (Fsp3) is 0.237. The van der Waals surface area contributed by atoms with Crippen molar-refractivity contribution in [1.82, 2.24) is 14.1 Å². The molecule has 0 radical (unpaired) electrons. The fourth-order valence-electron chi connectivity index (χ4n) is 7.45. The molecule has 1 aliphatic carbocycles. The van der Waals surface area contributed by atoms with Gasteiger partial charge in [0, 0.05) is 49.5 Å². The standard InChI is InChI=1S/C38H35N3O3/c1-26-32-22-21-28(25-40(32)33-19-12-20-34(43)35(26)33)36(44-27(2)42)37-39-23-24-41(37)38(29-13-6-3-7-14-29,30-15-8-4-9-16-30)31-17-10-5-11-18-31/h3-19,23-24,28,36H,20-22,25H2,1-2H3. The fourth-order valence-corrected chi connectivity index (χ4v) is 7.45. The lowest BCUT2D eigenvalue weighted by Crippen LogP contribution is -2.40. The molecule has 6 heteroatoms. The Balaban J connectivity index is 1.42. The van der Waals surface area contributed by atoms with Crippen molar-refractivity contribution in [1.29, 1.82) is 0 Å². The van der Waals surface area contributed by atoms with E-state index in [9.17, 15) is 9.59 Å². The summed E-state index contributed by atoms with van der Waals surface area (Å²) in [4.78, 5) is 30.6. The second-order valence-corrected chi connectivity index (χ2v) is 11.8. The summed E-state index contributed by atoms with van der Waals surface area (Å²) in [6, 6.07) is 31.3. The molecule has 0 fully saturated rings. The van der Waals surface area contributed by atoms with Crippen molar-refractivity contribution < 1.29 is 14.3 Å². The highest BCUT2D eigenvalue weighted by Crippen LogP contribution is 2.45. The van der Waals surface area contributed by atoms with E-state index in [1.54, 1.807) is 0 Å². The molecule has 0 bridgehead atoms. The van der Waals surface area contributed by atoms with E-state index in [1.807, 2.05) is 36.7 Å². The van der Waals surface area contributed by atoms with E-state index in [4.69, 9.17) is 9.72 Å². The maximum atomic E-state index is 12.9. The summed E-state index contributed by atoms with van der Waals surface area (Å²) in [5, 5.41) is 0. The van der Waals surface area contributed by atoms with Gasteiger partial charge in [-0.3, -0.25) is 9.59 Å². The molecule has 2 aromatic heterocycles. The Morgan fingerprint density at radius 3 is 2.09 bits per heavy atom. The van der Waals surface area contributed by atoms with E-state index in [0.29, 0.717) is 18.8 Å². The lowest BCUT2D eigenvalue weighted by Gasteiger charge is -2.40. The number of benzene rings is 3. The van der Waals surface area contributed by atoms with Crippen LogP contribution in [0.4, 0.5) is 0 Å². The van der Waals surface area contributed by atoms with E-state index >= 15 is 0 Å². The van der Waals surface area contributed by atoms with E-state index in [0.717, 1.165) is 46.4 Å². The molecule has 2 unspecified atom stereocenters. The number of ketones is 1. The number of carbonyl (C=O) groups is 2. The van der Waals surface area contributed by atoms with E-state index in [1.165, 1.54) is 12.6 Å². The van der Waals surface area contributed by atoms with Crippen molar-refractivity contribution >= 4 is 17.8 Å². The molecule has 3 aromatic carbocycles. The number of hydrogen-bond donors (Lipinski definition) is 0. The van der Waals surface area contributed by atoms with Crippen LogP contribution in [0.3, 0.4) is 0 Å². The summed E-state index contributed by atoms with van der Waals surface area (Å²) in [5.41, 5.74) is 6.51. The number of Topliss-reactive ketones (excluding diaryl/α,β-unsaturated/α-hetero) is 1. The molecule has 2 atom stereocenters. The highest BCUT2D eigenvalue weighted by atomic mass is 16.5. The van der Waals surface area contributed by atoms with Gasteiger partial charge in [0.25, 0.3) is 0 Å². The summed E-state index contributed by atoms with van der Waals surface area (Å²) in [6.45, 7) is 4.16. The Hall–Kier alpha value is -4.97. The molecule has 220 valence electrons. The van der Waals surface area contributed by atoms with Gasteiger partial charge in [-0.15, -0.1) is 0 Å². The molecule has 0 saturated heterocycles. The second-order valence-electron chi connectivity index (χ2n) is 11.8. The number of nitrogens with zero attached hydrogens (tertiary/aromatic N) is 3. The third-order valence-electron chi connectivity index (χ3n) is 9.29. The van der Waals surface area contributed by atoms with Crippen molar-refractivity contribution in [3.8, 4) is 0 Å². The molecule has 0 amide bonds. The minimum Gasteiger partial charge on any atom is -0.454 e. The number of hydrogen-bond acceptors (Lipinski definition) is 4. The van der Waals surface area contributed by atoms with Crippen LogP contribution >= 0.6 is 0 Å². The highest BCUT2D eigenvalue weighted by molar-refractivity contribution is 6.04. The molecule has 1 aliphatic heterocycles. The molecule has 3 heterocycles. The van der Waals surface area contributed by atoms with Gasteiger partial charge in [-0.25, -0.2) is 4.98 Å². The van der Waals surface area contributed by atoms with E-state index in [-0.39, 0.29) is 17.7 Å². The molecule has 2 aliphatic rings. The molecule has 44 heavy (non-hydrogen) atoms. The first-order valence-electron chi connectivity index (χ1n) is 15.3. The molecular formula is C38H35N3O3. The van der Waals surface area contributed by atoms with Gasteiger partial charge in [0.1, 0.15) is 5.54 Å². The van der Waals surface area contributed by atoms with Crippen LogP contribution in [-0.2, 0) is 28.0 Å². The highest BCUT2D eigenvalue weighted by Gasteiger charge is 2.43. The molecule has 0 saturated carbocycles. The number of carbonyl (C=O) groups excluding carboxylic acids is 2. The first-order chi connectivity index (χ1) is 21.5. The SMILES string of the molecule is CC(=O)OC(c1nccn1C(c1ccccc1)(c1ccccc1)c1ccccc1)C1CCc2c(C)c3c(n2C1)C=CCC3=O. The summed E-state index contributed by atoms with van der Waals surface area (Å²) in [6.07, 6.45) is 9.28. The molecule has 0 spiro atoms. The number of esters is 1. The van der Waals surface area contributed by atoms with Gasteiger partial charge in [-0.1, -0.05) is 97.1 Å². The van der Waals surface area contributed by atoms with Crippen molar-refractivity contribution in [2.75, 3.05) is 0 Å². The zero-order valence-electron chi connectivity index (χ0n) is 25.0. The molecule has 6 nitrogen and oxygen atoms in total. The van der Waals surface area contributed by atoms with Gasteiger partial charge in [-0.05, 0) is 48.1 Å². The smallest absolute Gasteiger partial charge is 0.303 e. The summed E-state index contributed by atoms with van der Waals surface area (Å²) >= 11 is 0. The van der Waals surface area contributed by atoms with Gasteiger partial charge in [0.2, 0.25) is 0 Å². The van der Waals surface area contributed by atoms with Crippen LogP contribution in [0.15, 0.2) is 109 Å². The minimum absolute atomic E-state index is 0.0473. The Kier molecular flexibility index (Phi) is 7.13. The average Bonchev–Trinajstić information content (AvgIpc) is 3.65. The number of aromatic nitrogens is 3. The van der Waals surface area contributed by atoms with Crippen LogP contribution in [0.1, 0.15) is 75.7 Å². The first kappa shape index (κ1) is 27.8. The van der Waals surface area contributed by atoms with Gasteiger partial charge in [0.05, 0.1) is 5.69 Å². The minimum atomic E-state index is -0.786. The third kappa shape index (κ3) is 4.44. The quantitative estimate of drug-likeness (QED) is 0.149. The Labute approximate surface area is 257 Å². The van der Waals surface area contributed by atoms with E-state index in [2.05, 4.69) is 94.9 Å². The van der Waals surface area contributed by atoms with Gasteiger partial charge in [-0.2, -0.15) is 0 Å². The van der Waals surface area contributed by atoms with Crippen molar-refractivity contribution in [3.05, 3.63) is 154 Å². The number of ether oxygens (including phenoxy) is 1. The van der Waals surface area contributed by atoms with Crippen LogP contribution in [0.2, 0.25) is 0 Å². The van der Waals surface area contributed by atoms with Crippen LogP contribution in [0, 0.1) is 12.8 Å². The van der Waals surface area contributed by atoms with Gasteiger partial charge in [0.15, 0.2) is 17.7 Å². The lowest BCUT2D eigenvalue weighted by molar-refractivity contribution is -0.151. The monoisotopic (exact) mass is 581 g/mol.